The molecule has 1 aromatic carbocycles. The smallest absolute Gasteiger partial charge is 0.241 e. The number of carbonyl (C=O) groups is 1. The van der Waals surface area contributed by atoms with Gasteiger partial charge in [0.25, 0.3) is 0 Å². The van der Waals surface area contributed by atoms with Crippen LogP contribution in [0.15, 0.2) is 28.8 Å². The molecule has 0 spiro atoms. The lowest BCUT2D eigenvalue weighted by Gasteiger charge is -2.25. The normalized spacial score (nSPS) is 18.0. The second-order valence-corrected chi connectivity index (χ2v) is 5.92. The summed E-state index contributed by atoms with van der Waals surface area (Å²) in [5.74, 6) is 0.876. The third kappa shape index (κ3) is 2.76. The summed E-state index contributed by atoms with van der Waals surface area (Å²) in [6.45, 7) is 4.50. The van der Waals surface area contributed by atoms with Crippen LogP contribution >= 0.6 is 0 Å². The minimum Gasteiger partial charge on any atom is -0.361 e. The standard InChI is InChI=1S/C17H21N3O2/c1-11-14(12(2)22-19-11)10-20(3)16-9-8-13-6-4-5-7-15(13)18-17(16)21/h4-7,16H,8-10H2,1-3H3,(H,18,21). The van der Waals surface area contributed by atoms with E-state index < -0.39 is 0 Å². The first-order valence-corrected chi connectivity index (χ1v) is 7.57. The fourth-order valence-corrected chi connectivity index (χ4v) is 3.01. The summed E-state index contributed by atoms with van der Waals surface area (Å²) in [7, 11) is 1.98. The van der Waals surface area contributed by atoms with Gasteiger partial charge in [-0.1, -0.05) is 23.4 Å². The third-order valence-corrected chi connectivity index (χ3v) is 4.39. The van der Waals surface area contributed by atoms with Crippen LogP contribution in [0.4, 0.5) is 5.69 Å². The van der Waals surface area contributed by atoms with Crippen molar-refractivity contribution in [3.05, 3.63) is 46.8 Å². The lowest BCUT2D eigenvalue weighted by molar-refractivity contribution is -0.121. The van der Waals surface area contributed by atoms with Gasteiger partial charge < -0.3 is 9.84 Å². The van der Waals surface area contributed by atoms with Crippen LogP contribution in [0, 0.1) is 13.8 Å². The van der Waals surface area contributed by atoms with Gasteiger partial charge in [0, 0.05) is 17.8 Å². The highest BCUT2D eigenvalue weighted by Crippen LogP contribution is 2.24. The molecule has 5 heteroatoms. The van der Waals surface area contributed by atoms with E-state index in [2.05, 4.69) is 21.4 Å². The van der Waals surface area contributed by atoms with E-state index in [0.29, 0.717) is 6.54 Å². The van der Waals surface area contributed by atoms with E-state index in [1.165, 1.54) is 5.56 Å². The summed E-state index contributed by atoms with van der Waals surface area (Å²) in [4.78, 5) is 14.6. The molecule has 1 atom stereocenters. The van der Waals surface area contributed by atoms with Crippen molar-refractivity contribution in [2.24, 2.45) is 0 Å². The molecular formula is C17H21N3O2. The Morgan fingerprint density at radius 2 is 2.14 bits per heavy atom. The maximum Gasteiger partial charge on any atom is 0.241 e. The number of hydrogen-bond donors (Lipinski definition) is 1. The zero-order chi connectivity index (χ0) is 15.7. The molecule has 0 fully saturated rings. The summed E-state index contributed by atoms with van der Waals surface area (Å²) in [6, 6.07) is 7.85. The van der Waals surface area contributed by atoms with Crippen molar-refractivity contribution in [2.75, 3.05) is 12.4 Å². The quantitative estimate of drug-likeness (QED) is 0.946. The summed E-state index contributed by atoms with van der Waals surface area (Å²) < 4.78 is 5.21. The van der Waals surface area contributed by atoms with Crippen LogP contribution in [0.1, 0.15) is 29.0 Å². The van der Waals surface area contributed by atoms with Gasteiger partial charge in [-0.25, -0.2) is 0 Å². The van der Waals surface area contributed by atoms with Gasteiger partial charge in [0.05, 0.1) is 11.7 Å². The van der Waals surface area contributed by atoms with Gasteiger partial charge in [0.15, 0.2) is 0 Å². The molecule has 1 amide bonds. The van der Waals surface area contributed by atoms with Gasteiger partial charge in [-0.2, -0.15) is 0 Å². The first kappa shape index (κ1) is 14.8. The van der Waals surface area contributed by atoms with Gasteiger partial charge in [-0.05, 0) is 45.4 Å². The number of para-hydroxylation sites is 1. The number of carbonyl (C=O) groups excluding carboxylic acids is 1. The van der Waals surface area contributed by atoms with Crippen molar-refractivity contribution >= 4 is 11.6 Å². The fourth-order valence-electron chi connectivity index (χ4n) is 3.01. The van der Waals surface area contributed by atoms with Crippen molar-refractivity contribution in [3.8, 4) is 0 Å². The highest BCUT2D eigenvalue weighted by Gasteiger charge is 2.28. The molecule has 22 heavy (non-hydrogen) atoms. The van der Waals surface area contributed by atoms with Crippen LogP contribution in [0.2, 0.25) is 0 Å². The number of hydrogen-bond acceptors (Lipinski definition) is 4. The molecule has 5 nitrogen and oxygen atoms in total. The van der Waals surface area contributed by atoms with Gasteiger partial charge in [0.2, 0.25) is 5.91 Å². The van der Waals surface area contributed by atoms with Crippen molar-refractivity contribution < 1.29 is 9.32 Å². The Labute approximate surface area is 130 Å². The number of nitrogens with zero attached hydrogens (tertiary/aromatic N) is 2. The molecule has 1 unspecified atom stereocenters. The third-order valence-electron chi connectivity index (χ3n) is 4.39. The number of aryl methyl sites for hydroxylation is 3. The molecule has 0 aliphatic carbocycles. The zero-order valence-corrected chi connectivity index (χ0v) is 13.2. The van der Waals surface area contributed by atoms with Crippen LogP contribution in [0.3, 0.4) is 0 Å². The molecule has 0 saturated heterocycles. The summed E-state index contributed by atoms with van der Waals surface area (Å²) in [6.07, 6.45) is 1.70. The first-order valence-electron chi connectivity index (χ1n) is 7.57. The maximum absolute atomic E-state index is 12.5. The molecule has 0 radical (unpaired) electrons. The largest absolute Gasteiger partial charge is 0.361 e. The lowest BCUT2D eigenvalue weighted by atomic mass is 10.0. The van der Waals surface area contributed by atoms with Gasteiger partial charge in [-0.15, -0.1) is 0 Å². The lowest BCUT2D eigenvalue weighted by Crippen LogP contribution is -2.41. The molecule has 1 aliphatic heterocycles. The second-order valence-electron chi connectivity index (χ2n) is 5.92. The Balaban J connectivity index is 1.76. The molecule has 2 heterocycles. The number of fused-ring (bicyclic) bond motifs is 1. The Morgan fingerprint density at radius 1 is 1.36 bits per heavy atom. The van der Waals surface area contributed by atoms with Crippen molar-refractivity contribution in [1.82, 2.24) is 10.1 Å². The van der Waals surface area contributed by atoms with Gasteiger partial charge in [-0.3, -0.25) is 9.69 Å². The van der Waals surface area contributed by atoms with Crippen LogP contribution in [0.25, 0.3) is 0 Å². The number of rotatable bonds is 3. The molecular weight excluding hydrogens is 278 g/mol. The van der Waals surface area contributed by atoms with E-state index in [-0.39, 0.29) is 11.9 Å². The van der Waals surface area contributed by atoms with Crippen LogP contribution < -0.4 is 5.32 Å². The van der Waals surface area contributed by atoms with Crippen LogP contribution in [-0.2, 0) is 17.8 Å². The van der Waals surface area contributed by atoms with E-state index in [1.54, 1.807) is 0 Å². The average Bonchev–Trinajstić information content (AvgIpc) is 2.72. The average molecular weight is 299 g/mol. The number of nitrogens with one attached hydrogen (secondary N) is 1. The topological polar surface area (TPSA) is 58.4 Å². The fraction of sp³-hybridized carbons (Fsp3) is 0.412. The molecule has 1 aromatic heterocycles. The van der Waals surface area contributed by atoms with Gasteiger partial charge >= 0.3 is 0 Å². The molecule has 3 rings (SSSR count). The highest BCUT2D eigenvalue weighted by molar-refractivity contribution is 5.96. The van der Waals surface area contributed by atoms with Crippen molar-refractivity contribution in [2.45, 2.75) is 39.3 Å². The number of benzene rings is 1. The molecule has 2 aromatic rings. The molecule has 0 saturated carbocycles. The van der Waals surface area contributed by atoms with E-state index in [9.17, 15) is 4.79 Å². The molecule has 0 bridgehead atoms. The minimum atomic E-state index is -0.152. The highest BCUT2D eigenvalue weighted by atomic mass is 16.5. The van der Waals surface area contributed by atoms with Crippen molar-refractivity contribution in [1.29, 1.82) is 0 Å². The Bertz CT molecular complexity index is 673. The van der Waals surface area contributed by atoms with E-state index >= 15 is 0 Å². The summed E-state index contributed by atoms with van der Waals surface area (Å²) in [5.41, 5.74) is 4.09. The number of likely N-dealkylation sites (N-methyl/N-ethyl adjacent to an activating group) is 1. The van der Waals surface area contributed by atoms with Crippen molar-refractivity contribution in [3.63, 3.8) is 0 Å². The number of amides is 1. The number of anilines is 1. The Kier molecular flexibility index (Phi) is 3.98. The van der Waals surface area contributed by atoms with Crippen LogP contribution in [-0.4, -0.2) is 29.1 Å². The van der Waals surface area contributed by atoms with E-state index in [4.69, 9.17) is 4.52 Å². The number of aromatic nitrogens is 1. The maximum atomic E-state index is 12.5. The monoisotopic (exact) mass is 299 g/mol. The second kappa shape index (κ2) is 5.93. The minimum absolute atomic E-state index is 0.0548. The molecule has 116 valence electrons. The van der Waals surface area contributed by atoms with Gasteiger partial charge in [0.1, 0.15) is 5.76 Å². The summed E-state index contributed by atoms with van der Waals surface area (Å²) in [5, 5.41) is 7.02. The molecule has 1 aliphatic rings. The summed E-state index contributed by atoms with van der Waals surface area (Å²) >= 11 is 0. The predicted molar refractivity (Wildman–Crippen MR) is 84.6 cm³/mol. The predicted octanol–water partition coefficient (Wildman–Crippen LogP) is 2.68. The van der Waals surface area contributed by atoms with E-state index in [0.717, 1.165) is 35.5 Å². The Morgan fingerprint density at radius 3 is 2.86 bits per heavy atom. The van der Waals surface area contributed by atoms with Crippen LogP contribution in [0.5, 0.6) is 0 Å². The first-order chi connectivity index (χ1) is 10.6. The zero-order valence-electron chi connectivity index (χ0n) is 13.2. The van der Waals surface area contributed by atoms with E-state index in [1.807, 2.05) is 39.1 Å². The Hall–Kier alpha value is -2.14. The SMILES string of the molecule is Cc1noc(C)c1CN(C)C1CCc2ccccc2NC1=O. The molecule has 1 N–H and O–H groups in total.